The van der Waals surface area contributed by atoms with Crippen molar-refractivity contribution in [2.45, 2.75) is 24.6 Å². The van der Waals surface area contributed by atoms with Crippen molar-refractivity contribution in [3.63, 3.8) is 0 Å². The lowest BCUT2D eigenvalue weighted by atomic mass is 10.1. The Morgan fingerprint density at radius 1 is 1.29 bits per heavy atom. The van der Waals surface area contributed by atoms with Crippen LogP contribution in [-0.4, -0.2) is 56.3 Å². The largest absolute Gasteiger partial charge is 0.472 e. The highest BCUT2D eigenvalue weighted by Gasteiger charge is 2.45. The van der Waals surface area contributed by atoms with Crippen LogP contribution in [0.4, 0.5) is 0 Å². The maximum Gasteiger partial charge on any atom is 0.472 e. The van der Waals surface area contributed by atoms with Gasteiger partial charge in [0.05, 0.1) is 6.61 Å². The van der Waals surface area contributed by atoms with E-state index in [0.717, 1.165) is 0 Å². The minimum Gasteiger partial charge on any atom is -0.394 e. The summed E-state index contributed by atoms with van der Waals surface area (Å²) in [5, 5.41) is 26.9. The van der Waals surface area contributed by atoms with Gasteiger partial charge in [0.25, 0.3) is 0 Å². The van der Waals surface area contributed by atoms with Gasteiger partial charge in [-0.2, -0.15) is 0 Å². The van der Waals surface area contributed by atoms with E-state index in [1.807, 2.05) is 0 Å². The van der Waals surface area contributed by atoms with Crippen molar-refractivity contribution < 1.29 is 38.9 Å². The molecule has 8 nitrogen and oxygen atoms in total. The van der Waals surface area contributed by atoms with Crippen molar-refractivity contribution >= 4 is 7.82 Å². The van der Waals surface area contributed by atoms with Gasteiger partial charge in [0, 0.05) is 0 Å². The molecule has 5 N–H and O–H groups in total. The molecule has 0 saturated carbocycles. The molecule has 84 valence electrons. The summed E-state index contributed by atoms with van der Waals surface area (Å²) in [4.78, 5) is 16.8. The molecule has 0 aromatic heterocycles. The molecule has 0 aromatic carbocycles. The fraction of sp³-hybridized carbons (Fsp3) is 1.00. The average molecular weight is 230 g/mol. The fourth-order valence-corrected chi connectivity index (χ4v) is 1.53. The zero-order chi connectivity index (χ0) is 10.9. The van der Waals surface area contributed by atoms with Crippen LogP contribution < -0.4 is 0 Å². The molecule has 1 rings (SSSR count). The molecule has 0 radical (unpaired) electrons. The number of phosphoric ester groups is 1. The van der Waals surface area contributed by atoms with Gasteiger partial charge in [0.2, 0.25) is 0 Å². The van der Waals surface area contributed by atoms with Gasteiger partial charge in [-0.15, -0.1) is 0 Å². The van der Waals surface area contributed by atoms with Crippen LogP contribution in [0.3, 0.4) is 0 Å². The molecule has 1 fully saturated rings. The van der Waals surface area contributed by atoms with Crippen molar-refractivity contribution in [1.82, 2.24) is 0 Å². The Balaban J connectivity index is 2.61. The molecule has 0 aromatic rings. The zero-order valence-electron chi connectivity index (χ0n) is 6.92. The van der Waals surface area contributed by atoms with Crippen LogP contribution in [0.1, 0.15) is 0 Å². The highest BCUT2D eigenvalue weighted by Crippen LogP contribution is 2.40. The van der Waals surface area contributed by atoms with Crippen LogP contribution in [0.2, 0.25) is 0 Å². The maximum absolute atomic E-state index is 10.4. The summed E-state index contributed by atoms with van der Waals surface area (Å²) in [5.74, 6) is 0. The topological polar surface area (TPSA) is 137 Å². The third-order valence-corrected chi connectivity index (χ3v) is 2.22. The molecule has 4 atom stereocenters. The smallest absolute Gasteiger partial charge is 0.394 e. The van der Waals surface area contributed by atoms with Crippen molar-refractivity contribution in [2.24, 2.45) is 0 Å². The number of rotatable bonds is 3. The first-order valence-electron chi connectivity index (χ1n) is 3.71. The van der Waals surface area contributed by atoms with Gasteiger partial charge in [-0.25, -0.2) is 4.57 Å². The average Bonchev–Trinajstić information content (AvgIpc) is 2.30. The second kappa shape index (κ2) is 4.21. The number of hydrogen-bond donors (Lipinski definition) is 5. The van der Waals surface area contributed by atoms with Gasteiger partial charge in [-0.05, 0) is 0 Å². The van der Waals surface area contributed by atoms with Crippen LogP contribution >= 0.6 is 7.82 Å². The molecular weight excluding hydrogens is 219 g/mol. The number of aliphatic hydroxyl groups excluding tert-OH is 3. The summed E-state index contributed by atoms with van der Waals surface area (Å²) in [6, 6.07) is 0. The molecule has 1 saturated heterocycles. The molecular formula is C5H11O8P. The van der Waals surface area contributed by atoms with Crippen molar-refractivity contribution in [2.75, 3.05) is 6.61 Å². The lowest BCUT2D eigenvalue weighted by Gasteiger charge is -2.15. The standard InChI is InChI=1S/C5H11O8P/c6-1-2-3(7)4(8)5(12-2)13-14(9,10)11/h2-8H,1H2,(H2,9,10,11)/t2-,3-,4+,5+/m1/s1. The van der Waals surface area contributed by atoms with Gasteiger partial charge in [-0.1, -0.05) is 0 Å². The van der Waals surface area contributed by atoms with E-state index in [1.165, 1.54) is 0 Å². The van der Waals surface area contributed by atoms with E-state index in [0.29, 0.717) is 0 Å². The third kappa shape index (κ3) is 2.72. The molecule has 0 aliphatic carbocycles. The Labute approximate surface area is 78.9 Å². The SMILES string of the molecule is O=P(O)(O)O[C@@H]1O[C@H](CO)[C@@H](O)[C@@H]1O. The number of hydrogen-bond acceptors (Lipinski definition) is 6. The predicted octanol–water partition coefficient (Wildman–Crippen LogP) is -2.47. The normalized spacial score (nSPS) is 38.9. The van der Waals surface area contributed by atoms with Gasteiger partial charge in [0.15, 0.2) is 6.29 Å². The number of ether oxygens (including phenoxy) is 1. The molecule has 1 aliphatic heterocycles. The predicted molar refractivity (Wildman–Crippen MR) is 40.9 cm³/mol. The van der Waals surface area contributed by atoms with Crippen molar-refractivity contribution in [3.05, 3.63) is 0 Å². The second-order valence-electron chi connectivity index (χ2n) is 2.80. The molecule has 1 heterocycles. The molecule has 14 heavy (non-hydrogen) atoms. The zero-order valence-corrected chi connectivity index (χ0v) is 7.82. The number of aliphatic hydroxyl groups is 3. The minimum atomic E-state index is -4.79. The van der Waals surface area contributed by atoms with Crippen LogP contribution in [0.25, 0.3) is 0 Å². The monoisotopic (exact) mass is 230 g/mol. The van der Waals surface area contributed by atoms with E-state index in [-0.39, 0.29) is 0 Å². The first kappa shape index (κ1) is 12.0. The lowest BCUT2D eigenvalue weighted by Crippen LogP contribution is -2.34. The van der Waals surface area contributed by atoms with E-state index < -0.39 is 39.0 Å². The quantitative estimate of drug-likeness (QED) is 0.336. The van der Waals surface area contributed by atoms with E-state index in [9.17, 15) is 4.57 Å². The molecule has 0 spiro atoms. The number of phosphoric acid groups is 1. The highest BCUT2D eigenvalue weighted by atomic mass is 31.2. The molecule has 1 aliphatic rings. The van der Waals surface area contributed by atoms with Crippen LogP contribution in [0.15, 0.2) is 0 Å². The summed E-state index contributed by atoms with van der Waals surface area (Å²) in [7, 11) is -4.79. The van der Waals surface area contributed by atoms with Crippen molar-refractivity contribution in [3.8, 4) is 0 Å². The fourth-order valence-electron chi connectivity index (χ4n) is 1.09. The van der Waals surface area contributed by atoms with Gasteiger partial charge < -0.3 is 29.8 Å². The molecule has 0 unspecified atom stereocenters. The third-order valence-electron chi connectivity index (χ3n) is 1.74. The Hall–Kier alpha value is -0.0500. The van der Waals surface area contributed by atoms with Gasteiger partial charge in [-0.3, -0.25) is 4.52 Å². The van der Waals surface area contributed by atoms with E-state index in [2.05, 4.69) is 9.26 Å². The Morgan fingerprint density at radius 3 is 2.21 bits per heavy atom. The van der Waals surface area contributed by atoms with Crippen molar-refractivity contribution in [1.29, 1.82) is 0 Å². The first-order valence-corrected chi connectivity index (χ1v) is 5.24. The summed E-state index contributed by atoms with van der Waals surface area (Å²) in [5.41, 5.74) is 0. The first-order chi connectivity index (χ1) is 6.35. The van der Waals surface area contributed by atoms with E-state index >= 15 is 0 Å². The summed E-state index contributed by atoms with van der Waals surface area (Å²) < 4.78 is 19.1. The lowest BCUT2D eigenvalue weighted by molar-refractivity contribution is -0.126. The maximum atomic E-state index is 10.4. The van der Waals surface area contributed by atoms with Crippen LogP contribution in [-0.2, 0) is 13.8 Å². The molecule has 0 amide bonds. The second-order valence-corrected chi connectivity index (χ2v) is 3.99. The van der Waals surface area contributed by atoms with Crippen LogP contribution in [0, 0.1) is 0 Å². The molecule has 0 bridgehead atoms. The van der Waals surface area contributed by atoms with E-state index in [4.69, 9.17) is 25.1 Å². The Morgan fingerprint density at radius 2 is 1.86 bits per heavy atom. The minimum absolute atomic E-state index is 0.584. The van der Waals surface area contributed by atoms with Gasteiger partial charge >= 0.3 is 7.82 Å². The molecule has 9 heteroatoms. The Kier molecular flexibility index (Phi) is 3.62. The van der Waals surface area contributed by atoms with Crippen LogP contribution in [0.5, 0.6) is 0 Å². The summed E-state index contributed by atoms with van der Waals surface area (Å²) >= 11 is 0. The van der Waals surface area contributed by atoms with E-state index in [1.54, 1.807) is 0 Å². The Bertz CT molecular complexity index is 238. The summed E-state index contributed by atoms with van der Waals surface area (Å²) in [6.07, 6.45) is -5.78. The summed E-state index contributed by atoms with van der Waals surface area (Å²) in [6.45, 7) is -0.584. The van der Waals surface area contributed by atoms with Gasteiger partial charge in [0.1, 0.15) is 18.3 Å². The highest BCUT2D eigenvalue weighted by molar-refractivity contribution is 7.46.